The van der Waals surface area contributed by atoms with Crippen molar-refractivity contribution < 1.29 is 77.3 Å². The maximum absolute atomic E-state index is 12.2. The lowest BCUT2D eigenvalue weighted by Gasteiger charge is -2.28. The lowest BCUT2D eigenvalue weighted by molar-refractivity contribution is -0.402. The molecule has 6 aromatic rings. The summed E-state index contributed by atoms with van der Waals surface area (Å²) in [7, 11) is 0. The second-order valence-electron chi connectivity index (χ2n) is 17.2. The van der Waals surface area contributed by atoms with Gasteiger partial charge in [-0.05, 0) is 110 Å². The fourth-order valence-electron chi connectivity index (χ4n) is 7.27. The van der Waals surface area contributed by atoms with Crippen LogP contribution in [0.15, 0.2) is 118 Å². The maximum Gasteiger partial charge on any atom is 0.433 e. The van der Waals surface area contributed by atoms with E-state index in [1.807, 2.05) is 54.0 Å². The zero-order valence-electron chi connectivity index (χ0n) is 43.2. The number of nitrogens with two attached hydrogens (primary N) is 1. The van der Waals surface area contributed by atoms with Gasteiger partial charge in [-0.15, -0.1) is 5.06 Å². The van der Waals surface area contributed by atoms with Crippen molar-refractivity contribution in [3.05, 3.63) is 152 Å². The van der Waals surface area contributed by atoms with Gasteiger partial charge < -0.3 is 29.2 Å². The zero-order chi connectivity index (χ0) is 58.5. The molecule has 26 nitrogen and oxygen atoms in total. The molecule has 2 aromatic heterocycles. The number of hydrogen-bond donors (Lipinski definition) is 6. The summed E-state index contributed by atoms with van der Waals surface area (Å²) in [4.78, 5) is 116. The van der Waals surface area contributed by atoms with Crippen molar-refractivity contribution in [1.82, 2.24) is 25.8 Å². The Labute approximate surface area is 449 Å². The number of nitro groups is 2. The van der Waals surface area contributed by atoms with Gasteiger partial charge in [-0.1, -0.05) is 55.5 Å². The third kappa shape index (κ3) is 18.4. The molecule has 0 radical (unpaired) electrons. The molecule has 0 spiro atoms. The van der Waals surface area contributed by atoms with Crippen LogP contribution in [0.5, 0.6) is 11.5 Å². The number of phenolic OH excluding ortho intramolecular Hbond substituents is 2. The van der Waals surface area contributed by atoms with Gasteiger partial charge in [0.1, 0.15) is 32.9 Å². The quantitative estimate of drug-likeness (QED) is 0.0126. The van der Waals surface area contributed by atoms with Gasteiger partial charge in [0.05, 0.1) is 29.8 Å². The van der Waals surface area contributed by atoms with Crippen molar-refractivity contribution in [2.75, 3.05) is 13.1 Å². The van der Waals surface area contributed by atoms with Crippen LogP contribution in [0.25, 0.3) is 33.7 Å². The number of aromatic hydroxyl groups is 2. The van der Waals surface area contributed by atoms with Gasteiger partial charge in [0, 0.05) is 43.8 Å². The monoisotopic (exact) mass is 1090 g/mol. The van der Waals surface area contributed by atoms with E-state index >= 15 is 0 Å². The van der Waals surface area contributed by atoms with Crippen LogP contribution in [0, 0.1) is 20.2 Å². The molecule has 2 aliphatic heterocycles. The predicted molar refractivity (Wildman–Crippen MR) is 282 cm³/mol. The van der Waals surface area contributed by atoms with Gasteiger partial charge in [-0.3, -0.25) is 69.3 Å². The van der Waals surface area contributed by atoms with E-state index in [-0.39, 0.29) is 71.4 Å². The van der Waals surface area contributed by atoms with Gasteiger partial charge in [-0.2, -0.15) is 5.06 Å². The van der Waals surface area contributed by atoms with Crippen LogP contribution in [0.3, 0.4) is 0 Å². The molecule has 0 bridgehead atoms. The first kappa shape index (κ1) is 61.6. The Balaban J connectivity index is 0.000000228. The molecule has 4 aromatic carbocycles. The number of furan rings is 2. The average molecular weight is 1090 g/mol. The number of phenols is 2. The third-order valence-corrected chi connectivity index (χ3v) is 11.1. The van der Waals surface area contributed by atoms with E-state index in [0.29, 0.717) is 17.1 Å². The van der Waals surface area contributed by atoms with Crippen molar-refractivity contribution in [3.63, 3.8) is 0 Å². The van der Waals surface area contributed by atoms with E-state index in [2.05, 4.69) is 49.7 Å². The molecule has 4 heterocycles. The molecule has 0 aliphatic carbocycles. The maximum atomic E-state index is 12.2. The Bertz CT molecular complexity index is 3250. The molecule has 8 rings (SSSR count). The first-order chi connectivity index (χ1) is 37.4. The molecular formula is C53H56N8O18. The van der Waals surface area contributed by atoms with E-state index in [1.54, 1.807) is 18.2 Å². The van der Waals surface area contributed by atoms with Crippen molar-refractivity contribution in [3.8, 4) is 11.5 Å². The third-order valence-electron chi connectivity index (χ3n) is 11.1. The topological polar surface area (TPSA) is 379 Å². The van der Waals surface area contributed by atoms with Crippen LogP contribution < -0.4 is 16.6 Å². The SMILES string of the molecule is CCN(C(C)C)C(C)C.NNC(=O)c1cc2ccccc2cc1O.O=C(/C=C/c1ccc([N+](=O)[O-])o1)CNC(=O)c1cc2ccccc2cc1O.O=C(/C=C/c1ccc([N+](=O)[O-])o1)ON1C(=O)CCC1=O.O=C1CCC(=O)N1O. The minimum absolute atomic E-state index is 0.000205. The van der Waals surface area contributed by atoms with Crippen molar-refractivity contribution in [1.29, 1.82) is 0 Å². The first-order valence-electron chi connectivity index (χ1n) is 23.9. The molecular weight excluding hydrogens is 1040 g/mol. The smallest absolute Gasteiger partial charge is 0.433 e. The summed E-state index contributed by atoms with van der Waals surface area (Å²) in [5, 5.41) is 55.2. The number of nitrogens with zero attached hydrogens (tertiary/aromatic N) is 5. The predicted octanol–water partition coefficient (Wildman–Crippen LogP) is 6.67. The molecule has 0 atom stereocenters. The Morgan fingerprint density at radius 1 is 0.671 bits per heavy atom. The summed E-state index contributed by atoms with van der Waals surface area (Å²) in [5.74, 6) is -0.630. The minimum Gasteiger partial charge on any atom is -0.507 e. The van der Waals surface area contributed by atoms with E-state index in [1.165, 1.54) is 30.3 Å². The summed E-state index contributed by atoms with van der Waals surface area (Å²) in [5.41, 5.74) is 2.23. The van der Waals surface area contributed by atoms with Crippen LogP contribution >= 0.6 is 0 Å². The Hall–Kier alpha value is -9.92. The second kappa shape index (κ2) is 29.4. The van der Waals surface area contributed by atoms with Gasteiger partial charge in [-0.25, -0.2) is 10.6 Å². The van der Waals surface area contributed by atoms with Crippen molar-refractivity contribution in [2.45, 2.75) is 72.4 Å². The number of ketones is 1. The number of hydrazine groups is 1. The molecule has 2 aliphatic rings. The molecule has 7 N–H and O–H groups in total. The standard InChI is InChI=1S/C19H14N2O6.C11H8N2O7.C11H10N2O2.C8H19N.C4H5NO3/c22-14(5-6-15-7-8-18(27-15)21(25)26)11-20-19(24)16-9-12-3-1-2-4-13(12)10-17(16)23;14-8-3-4-9(15)12(8)20-11(16)6-2-7-1-5-10(19-7)13(17)18;12-13-11(15)9-5-7-3-1-2-4-8(7)6-10(9)14;1-6-9(7(2)3)8(4)5;6-3-1-2-4(7)5(3)8/h1-10,23H,11H2,(H,20,24);1-2,5-6H,3-4H2;1-6,14H,12H2,(H,13,15);7-8H,6H2,1-5H3;8H,1-2H2/b6-5+;6-2+;;;. The normalized spacial score (nSPS) is 12.9. The highest BCUT2D eigenvalue weighted by Crippen LogP contribution is 2.26. The number of imide groups is 2. The number of nitrogen functional groups attached to an aromatic ring is 1. The highest BCUT2D eigenvalue weighted by atomic mass is 16.7. The number of carbonyl (C=O) groups excluding carboxylic acids is 8. The summed E-state index contributed by atoms with van der Waals surface area (Å²) >= 11 is 0. The number of amides is 6. The number of hydrogen-bond acceptors (Lipinski definition) is 20. The zero-order valence-corrected chi connectivity index (χ0v) is 43.2. The van der Waals surface area contributed by atoms with Crippen LogP contribution in [-0.4, -0.2) is 113 Å². The molecule has 26 heteroatoms. The number of benzene rings is 4. The fourth-order valence-corrected chi connectivity index (χ4v) is 7.27. The van der Waals surface area contributed by atoms with E-state index in [0.717, 1.165) is 52.4 Å². The number of carbonyl (C=O) groups is 8. The number of nitrogens with one attached hydrogen (secondary N) is 2. The summed E-state index contributed by atoms with van der Waals surface area (Å²) in [6.07, 6.45) is 4.73. The Kier molecular flexibility index (Phi) is 22.9. The first-order valence-corrected chi connectivity index (χ1v) is 23.9. The molecule has 0 saturated carbocycles. The summed E-state index contributed by atoms with van der Waals surface area (Å²) in [6.45, 7) is 12.0. The van der Waals surface area contributed by atoms with E-state index in [4.69, 9.17) is 19.9 Å². The van der Waals surface area contributed by atoms with E-state index in [9.17, 15) is 68.8 Å². The number of rotatable bonds is 14. The summed E-state index contributed by atoms with van der Waals surface area (Å²) in [6, 6.07) is 27.2. The summed E-state index contributed by atoms with van der Waals surface area (Å²) < 4.78 is 9.66. The molecule has 0 unspecified atom stereocenters. The Morgan fingerprint density at radius 2 is 1.08 bits per heavy atom. The minimum atomic E-state index is -0.965. The largest absolute Gasteiger partial charge is 0.507 e. The molecule has 416 valence electrons. The second-order valence-corrected chi connectivity index (χ2v) is 17.2. The molecule has 2 fully saturated rings. The number of hydroxylamine groups is 4. The molecule has 6 amide bonds. The molecule has 2 saturated heterocycles. The highest BCUT2D eigenvalue weighted by Gasteiger charge is 2.32. The number of fused-ring (bicyclic) bond motifs is 2. The van der Waals surface area contributed by atoms with Gasteiger partial charge in [0.25, 0.3) is 35.4 Å². The van der Waals surface area contributed by atoms with Crippen molar-refractivity contribution in [2.24, 2.45) is 5.84 Å². The van der Waals surface area contributed by atoms with Gasteiger partial charge in [0.2, 0.25) is 0 Å². The lowest BCUT2D eigenvalue weighted by atomic mass is 10.1. The average Bonchev–Trinajstić information content (AvgIpc) is 4.26. The van der Waals surface area contributed by atoms with Crippen molar-refractivity contribution >= 4 is 92.7 Å². The van der Waals surface area contributed by atoms with Crippen LogP contribution in [0.4, 0.5) is 11.8 Å². The molecule has 79 heavy (non-hydrogen) atoms. The van der Waals surface area contributed by atoms with E-state index < -0.39 is 68.8 Å². The van der Waals surface area contributed by atoms with Crippen LogP contribution in [0.1, 0.15) is 92.5 Å². The Morgan fingerprint density at radius 3 is 1.43 bits per heavy atom. The fraction of sp³-hybridized carbons (Fsp3) is 0.245. The van der Waals surface area contributed by atoms with Gasteiger partial charge in [0.15, 0.2) is 5.78 Å². The van der Waals surface area contributed by atoms with Crippen LogP contribution in [0.2, 0.25) is 0 Å². The lowest BCUT2D eigenvalue weighted by Crippen LogP contribution is -2.36. The van der Waals surface area contributed by atoms with Crippen LogP contribution in [-0.2, 0) is 33.6 Å². The van der Waals surface area contributed by atoms with Gasteiger partial charge >= 0.3 is 17.7 Å². The highest BCUT2D eigenvalue weighted by molar-refractivity contribution is 6.05.